The minimum Gasteiger partial charge on any atom is -0.468 e. The number of carbonyl (C=O) groups is 2. The van der Waals surface area contributed by atoms with Gasteiger partial charge in [-0.05, 0) is 0 Å². The quantitative estimate of drug-likeness (QED) is 0.622. The van der Waals surface area contributed by atoms with Gasteiger partial charge >= 0.3 is 24.0 Å². The van der Waals surface area contributed by atoms with Crippen LogP contribution < -0.4 is 5.32 Å². The first-order valence-corrected chi connectivity index (χ1v) is 4.05. The number of carbonyl (C=O) groups excluding carboxylic acids is 2. The molecule has 0 radical (unpaired) electrons. The molecule has 1 N–H and O–H groups in total. The van der Waals surface area contributed by atoms with Crippen molar-refractivity contribution < 1.29 is 45.1 Å². The summed E-state index contributed by atoms with van der Waals surface area (Å²) in [4.78, 5) is 20.9. The van der Waals surface area contributed by atoms with Crippen molar-refractivity contribution in [2.75, 3.05) is 13.7 Å². The smallest absolute Gasteiger partial charge is 0.460 e. The monoisotopic (exact) mass is 285 g/mol. The molecule has 0 heterocycles. The van der Waals surface area contributed by atoms with Crippen molar-refractivity contribution in [1.29, 1.82) is 0 Å². The summed E-state index contributed by atoms with van der Waals surface area (Å²) in [5, 5.41) is 0.908. The summed E-state index contributed by atoms with van der Waals surface area (Å²) < 4.78 is 88.7. The molecule has 0 saturated heterocycles. The summed E-state index contributed by atoms with van der Waals surface area (Å²) >= 11 is 0. The van der Waals surface area contributed by atoms with Gasteiger partial charge in [0.05, 0.1) is 7.11 Å². The van der Waals surface area contributed by atoms with Gasteiger partial charge in [-0.25, -0.2) is 0 Å². The van der Waals surface area contributed by atoms with Gasteiger partial charge in [0.15, 0.2) is 0 Å². The zero-order valence-corrected chi connectivity index (χ0v) is 8.58. The van der Waals surface area contributed by atoms with Crippen molar-refractivity contribution >= 4 is 11.9 Å². The fraction of sp³-hybridized carbons (Fsp3) is 0.714. The number of hydrogen-bond acceptors (Lipinski definition) is 3. The molecule has 0 aliphatic heterocycles. The molecule has 0 fully saturated rings. The van der Waals surface area contributed by atoms with Crippen LogP contribution in [0.2, 0.25) is 0 Å². The second-order valence-electron chi connectivity index (χ2n) is 2.91. The number of amides is 1. The van der Waals surface area contributed by atoms with Gasteiger partial charge in [-0.1, -0.05) is 0 Å². The average molecular weight is 285 g/mol. The van der Waals surface area contributed by atoms with Crippen LogP contribution in [0.3, 0.4) is 0 Å². The van der Waals surface area contributed by atoms with E-state index in [2.05, 4.69) is 4.74 Å². The maximum Gasteiger partial charge on any atom is 0.460 e. The SMILES string of the molecule is COC(=O)CNC(=O)C(F)(F)C(F)(F)C(F)(F)F. The number of nitrogens with one attached hydrogen (secondary N) is 1. The standard InChI is InChI=1S/C7H6F7NO3/c1-18-3(16)2-15-4(17)5(8,9)6(10,11)7(12,13)14/h2H2,1H3,(H,15,17). The molecule has 0 aliphatic rings. The third-order valence-electron chi connectivity index (χ3n) is 1.66. The highest BCUT2D eigenvalue weighted by Gasteiger charge is 2.76. The first-order chi connectivity index (χ1) is 7.88. The number of esters is 1. The summed E-state index contributed by atoms with van der Waals surface area (Å²) in [6, 6.07) is 0. The molecule has 0 aromatic heterocycles. The molecule has 0 aromatic rings. The van der Waals surface area contributed by atoms with Gasteiger partial charge in [0.25, 0.3) is 5.91 Å². The third kappa shape index (κ3) is 3.01. The van der Waals surface area contributed by atoms with Crippen molar-refractivity contribution in [3.63, 3.8) is 0 Å². The van der Waals surface area contributed by atoms with Crippen molar-refractivity contribution in [3.8, 4) is 0 Å². The Kier molecular flexibility index (Phi) is 4.55. The van der Waals surface area contributed by atoms with Crippen LogP contribution in [0.25, 0.3) is 0 Å². The summed E-state index contributed by atoms with van der Waals surface area (Å²) in [5.41, 5.74) is 0. The molecule has 0 bridgehead atoms. The molecule has 18 heavy (non-hydrogen) atoms. The van der Waals surface area contributed by atoms with Crippen LogP contribution >= 0.6 is 0 Å². The highest BCUT2D eigenvalue weighted by Crippen LogP contribution is 2.46. The average Bonchev–Trinajstić information content (AvgIpc) is 2.23. The number of alkyl halides is 7. The Morgan fingerprint density at radius 3 is 1.83 bits per heavy atom. The molecule has 0 rings (SSSR count). The molecule has 0 saturated carbocycles. The van der Waals surface area contributed by atoms with E-state index < -0.39 is 36.4 Å². The van der Waals surface area contributed by atoms with Gasteiger partial charge < -0.3 is 10.1 Å². The Bertz CT molecular complexity index is 338. The fourth-order valence-corrected chi connectivity index (χ4v) is 0.656. The number of methoxy groups -OCH3 is 1. The van der Waals surface area contributed by atoms with Gasteiger partial charge in [0, 0.05) is 0 Å². The summed E-state index contributed by atoms with van der Waals surface area (Å²) in [6.45, 7) is -1.27. The number of halogens is 7. The molecule has 0 aromatic carbocycles. The highest BCUT2D eigenvalue weighted by atomic mass is 19.4. The number of rotatable bonds is 4. The zero-order chi connectivity index (χ0) is 14.8. The van der Waals surface area contributed by atoms with E-state index in [0.29, 0.717) is 0 Å². The second kappa shape index (κ2) is 4.98. The Balaban J connectivity index is 4.93. The molecule has 0 spiro atoms. The van der Waals surface area contributed by atoms with E-state index >= 15 is 0 Å². The minimum absolute atomic E-state index is 0.789. The lowest BCUT2D eigenvalue weighted by Crippen LogP contribution is -2.59. The second-order valence-corrected chi connectivity index (χ2v) is 2.91. The molecule has 4 nitrogen and oxygen atoms in total. The molecule has 0 unspecified atom stereocenters. The fourth-order valence-electron chi connectivity index (χ4n) is 0.656. The molecule has 0 aliphatic carbocycles. The first-order valence-electron chi connectivity index (χ1n) is 4.05. The van der Waals surface area contributed by atoms with Crippen LogP contribution in [0.1, 0.15) is 0 Å². The first kappa shape index (κ1) is 16.4. The summed E-state index contributed by atoms with van der Waals surface area (Å²) in [6.07, 6.45) is -6.61. The lowest BCUT2D eigenvalue weighted by Gasteiger charge is -2.26. The Morgan fingerprint density at radius 2 is 1.50 bits per heavy atom. The lowest BCUT2D eigenvalue weighted by molar-refractivity contribution is -0.344. The third-order valence-corrected chi connectivity index (χ3v) is 1.66. The Labute approximate surface area is 95.1 Å². The number of hydrogen-bond donors (Lipinski definition) is 1. The Morgan fingerprint density at radius 1 is 1.06 bits per heavy atom. The van der Waals surface area contributed by atoms with Gasteiger partial charge in [-0.3, -0.25) is 9.59 Å². The molecular weight excluding hydrogens is 279 g/mol. The van der Waals surface area contributed by atoms with Gasteiger partial charge in [-0.2, -0.15) is 30.7 Å². The molecule has 11 heteroatoms. The van der Waals surface area contributed by atoms with Gasteiger partial charge in [0.2, 0.25) is 0 Å². The van der Waals surface area contributed by atoms with E-state index in [4.69, 9.17) is 0 Å². The molecule has 1 amide bonds. The maximum atomic E-state index is 12.6. The van der Waals surface area contributed by atoms with Gasteiger partial charge in [-0.15, -0.1) is 0 Å². The van der Waals surface area contributed by atoms with Crippen molar-refractivity contribution in [2.24, 2.45) is 0 Å². The molecular formula is C7H6F7NO3. The molecule has 106 valence electrons. The van der Waals surface area contributed by atoms with Crippen LogP contribution in [0.4, 0.5) is 30.7 Å². The van der Waals surface area contributed by atoms with Crippen molar-refractivity contribution in [1.82, 2.24) is 5.32 Å². The highest BCUT2D eigenvalue weighted by molar-refractivity contribution is 5.87. The van der Waals surface area contributed by atoms with E-state index in [1.165, 1.54) is 0 Å². The van der Waals surface area contributed by atoms with Crippen LogP contribution in [-0.2, 0) is 14.3 Å². The van der Waals surface area contributed by atoms with E-state index in [1.54, 1.807) is 0 Å². The molecule has 0 atom stereocenters. The topological polar surface area (TPSA) is 55.4 Å². The van der Waals surface area contributed by atoms with E-state index in [1.807, 2.05) is 0 Å². The summed E-state index contributed by atoms with van der Waals surface area (Å²) in [7, 11) is 0.789. The largest absolute Gasteiger partial charge is 0.468 e. The van der Waals surface area contributed by atoms with Crippen molar-refractivity contribution in [3.05, 3.63) is 0 Å². The van der Waals surface area contributed by atoms with Crippen LogP contribution in [0.5, 0.6) is 0 Å². The zero-order valence-electron chi connectivity index (χ0n) is 8.58. The van der Waals surface area contributed by atoms with Crippen LogP contribution in [0.15, 0.2) is 0 Å². The van der Waals surface area contributed by atoms with E-state index in [9.17, 15) is 40.3 Å². The van der Waals surface area contributed by atoms with E-state index in [-0.39, 0.29) is 0 Å². The summed E-state index contributed by atoms with van der Waals surface area (Å²) in [5.74, 6) is -16.8. The van der Waals surface area contributed by atoms with Crippen LogP contribution in [0, 0.1) is 0 Å². The predicted octanol–water partition coefficient (Wildman–Crippen LogP) is 1.11. The maximum absolute atomic E-state index is 12.6. The predicted molar refractivity (Wildman–Crippen MR) is 41.0 cm³/mol. The lowest BCUT2D eigenvalue weighted by atomic mass is 10.1. The minimum atomic E-state index is -6.61. The Hall–Kier alpha value is -1.55. The van der Waals surface area contributed by atoms with Gasteiger partial charge in [0.1, 0.15) is 6.54 Å². The van der Waals surface area contributed by atoms with E-state index in [0.717, 1.165) is 12.4 Å². The van der Waals surface area contributed by atoms with Crippen LogP contribution in [-0.4, -0.2) is 43.6 Å². The van der Waals surface area contributed by atoms with Crippen molar-refractivity contribution in [2.45, 2.75) is 18.0 Å². The number of ether oxygens (including phenoxy) is 1. The normalized spacial score (nSPS) is 13.1.